The molecule has 5 heteroatoms. The van der Waals surface area contributed by atoms with E-state index in [9.17, 15) is 9.59 Å². The van der Waals surface area contributed by atoms with Crippen LogP contribution < -0.4 is 15.4 Å². The van der Waals surface area contributed by atoms with Crippen molar-refractivity contribution in [3.63, 3.8) is 0 Å². The number of carbonyl (C=O) groups excluding carboxylic acids is 2. The van der Waals surface area contributed by atoms with E-state index >= 15 is 0 Å². The molecule has 2 N–H and O–H groups in total. The predicted octanol–water partition coefficient (Wildman–Crippen LogP) is 3.46. The van der Waals surface area contributed by atoms with Crippen LogP contribution in [-0.2, 0) is 11.3 Å². The van der Waals surface area contributed by atoms with Gasteiger partial charge in [0.25, 0.3) is 5.91 Å². The number of nitrogens with one attached hydrogen (secondary N) is 2. The summed E-state index contributed by atoms with van der Waals surface area (Å²) in [5, 5.41) is 5.85. The molecule has 2 aromatic rings. The fourth-order valence-electron chi connectivity index (χ4n) is 2.67. The van der Waals surface area contributed by atoms with E-state index in [1.54, 1.807) is 19.2 Å². The van der Waals surface area contributed by atoms with Gasteiger partial charge in [0.15, 0.2) is 0 Å². The molecule has 2 aromatic carbocycles. The van der Waals surface area contributed by atoms with Gasteiger partial charge in [0, 0.05) is 19.0 Å². The van der Waals surface area contributed by atoms with Gasteiger partial charge in [-0.25, -0.2) is 0 Å². The van der Waals surface area contributed by atoms with Crippen LogP contribution >= 0.6 is 0 Å². The smallest absolute Gasteiger partial charge is 0.251 e. The highest BCUT2D eigenvalue weighted by Gasteiger charge is 2.19. The molecule has 2 rings (SSSR count). The van der Waals surface area contributed by atoms with Crippen LogP contribution in [-0.4, -0.2) is 18.9 Å². The SMILES string of the molecule is COc1ccc(C(NC(=O)c2ccc(CNC(C)=O)cc2)C(C)C)cc1. The summed E-state index contributed by atoms with van der Waals surface area (Å²) in [5.74, 6) is 0.834. The highest BCUT2D eigenvalue weighted by molar-refractivity contribution is 5.94. The molecule has 2 amide bonds. The lowest BCUT2D eigenvalue weighted by Crippen LogP contribution is -2.31. The number of methoxy groups -OCH3 is 1. The number of amides is 2. The Hall–Kier alpha value is -2.82. The molecule has 0 heterocycles. The second kappa shape index (κ2) is 9.04. The van der Waals surface area contributed by atoms with Crippen LogP contribution in [0.5, 0.6) is 5.75 Å². The molecule has 0 aliphatic carbocycles. The minimum atomic E-state index is -0.120. The Morgan fingerprint density at radius 3 is 2.12 bits per heavy atom. The first-order chi connectivity index (χ1) is 12.4. The number of hydrogen-bond acceptors (Lipinski definition) is 3. The zero-order chi connectivity index (χ0) is 19.1. The monoisotopic (exact) mass is 354 g/mol. The van der Waals surface area contributed by atoms with Gasteiger partial charge in [-0.3, -0.25) is 9.59 Å². The minimum absolute atomic E-state index is 0.0777. The van der Waals surface area contributed by atoms with E-state index in [0.29, 0.717) is 12.1 Å². The van der Waals surface area contributed by atoms with Crippen molar-refractivity contribution in [1.29, 1.82) is 0 Å². The van der Waals surface area contributed by atoms with Gasteiger partial charge in [-0.2, -0.15) is 0 Å². The third-order valence-electron chi connectivity index (χ3n) is 4.19. The van der Waals surface area contributed by atoms with E-state index in [-0.39, 0.29) is 23.8 Å². The second-order valence-electron chi connectivity index (χ2n) is 6.57. The van der Waals surface area contributed by atoms with Crippen LogP contribution in [0.25, 0.3) is 0 Å². The summed E-state index contributed by atoms with van der Waals surface area (Å²) in [6, 6.07) is 14.9. The zero-order valence-electron chi connectivity index (χ0n) is 15.7. The van der Waals surface area contributed by atoms with Crippen LogP contribution in [0.15, 0.2) is 48.5 Å². The molecule has 0 bridgehead atoms. The van der Waals surface area contributed by atoms with E-state index in [1.807, 2.05) is 36.4 Å². The predicted molar refractivity (Wildman–Crippen MR) is 102 cm³/mol. The van der Waals surface area contributed by atoms with Crippen molar-refractivity contribution in [1.82, 2.24) is 10.6 Å². The van der Waals surface area contributed by atoms with Crippen molar-refractivity contribution >= 4 is 11.8 Å². The summed E-state index contributed by atoms with van der Waals surface area (Å²) in [6.45, 7) is 6.09. The first-order valence-corrected chi connectivity index (χ1v) is 8.69. The Labute approximate surface area is 154 Å². The van der Waals surface area contributed by atoms with Gasteiger partial charge >= 0.3 is 0 Å². The maximum Gasteiger partial charge on any atom is 0.251 e. The molecule has 0 aromatic heterocycles. The normalized spacial score (nSPS) is 11.7. The molecule has 0 aliphatic rings. The van der Waals surface area contributed by atoms with Crippen molar-refractivity contribution in [2.45, 2.75) is 33.4 Å². The lowest BCUT2D eigenvalue weighted by atomic mass is 9.95. The molecule has 0 radical (unpaired) electrons. The van der Waals surface area contributed by atoms with E-state index < -0.39 is 0 Å². The molecule has 1 unspecified atom stereocenters. The van der Waals surface area contributed by atoms with Crippen LogP contribution in [0.1, 0.15) is 48.3 Å². The number of benzene rings is 2. The Balaban J connectivity index is 2.08. The van der Waals surface area contributed by atoms with Crippen molar-refractivity contribution in [3.05, 3.63) is 65.2 Å². The second-order valence-corrected chi connectivity index (χ2v) is 6.57. The molecule has 138 valence electrons. The minimum Gasteiger partial charge on any atom is -0.497 e. The number of ether oxygens (including phenoxy) is 1. The summed E-state index contributed by atoms with van der Waals surface area (Å²) in [6.07, 6.45) is 0. The van der Waals surface area contributed by atoms with Crippen molar-refractivity contribution in [2.75, 3.05) is 7.11 Å². The lowest BCUT2D eigenvalue weighted by molar-refractivity contribution is -0.119. The molecule has 26 heavy (non-hydrogen) atoms. The third kappa shape index (κ3) is 5.34. The maximum absolute atomic E-state index is 12.6. The fourth-order valence-corrected chi connectivity index (χ4v) is 2.67. The summed E-state index contributed by atoms with van der Waals surface area (Å²) in [4.78, 5) is 23.6. The number of carbonyl (C=O) groups is 2. The fraction of sp³-hybridized carbons (Fsp3) is 0.333. The van der Waals surface area contributed by atoms with E-state index in [4.69, 9.17) is 4.74 Å². The Bertz CT molecular complexity index is 737. The van der Waals surface area contributed by atoms with E-state index in [0.717, 1.165) is 16.9 Å². The first-order valence-electron chi connectivity index (χ1n) is 8.69. The van der Waals surface area contributed by atoms with Gasteiger partial charge in [-0.1, -0.05) is 38.1 Å². The largest absolute Gasteiger partial charge is 0.497 e. The number of hydrogen-bond donors (Lipinski definition) is 2. The summed E-state index contributed by atoms with van der Waals surface area (Å²) in [7, 11) is 1.63. The molecule has 0 saturated heterocycles. The highest BCUT2D eigenvalue weighted by Crippen LogP contribution is 2.24. The third-order valence-corrected chi connectivity index (χ3v) is 4.19. The average molecular weight is 354 g/mol. The quantitative estimate of drug-likeness (QED) is 0.800. The van der Waals surface area contributed by atoms with Crippen LogP contribution in [0, 0.1) is 5.92 Å². The molecular formula is C21H26N2O3. The molecule has 0 spiro atoms. The van der Waals surface area contributed by atoms with Gasteiger partial charge in [0.2, 0.25) is 5.91 Å². The van der Waals surface area contributed by atoms with Crippen LogP contribution in [0.2, 0.25) is 0 Å². The van der Waals surface area contributed by atoms with Crippen molar-refractivity contribution in [2.24, 2.45) is 5.92 Å². The molecule has 0 saturated carbocycles. The molecule has 1 atom stereocenters. The van der Waals surface area contributed by atoms with Gasteiger partial charge in [0.05, 0.1) is 13.2 Å². The highest BCUT2D eigenvalue weighted by atomic mass is 16.5. The van der Waals surface area contributed by atoms with Gasteiger partial charge in [-0.15, -0.1) is 0 Å². The van der Waals surface area contributed by atoms with Gasteiger partial charge in [0.1, 0.15) is 5.75 Å². The summed E-state index contributed by atoms with van der Waals surface area (Å²) < 4.78 is 5.19. The molecule has 0 fully saturated rings. The Kier molecular flexibility index (Phi) is 6.78. The van der Waals surface area contributed by atoms with E-state index in [2.05, 4.69) is 24.5 Å². The average Bonchev–Trinajstić information content (AvgIpc) is 2.64. The van der Waals surface area contributed by atoms with Crippen molar-refractivity contribution < 1.29 is 14.3 Å². The van der Waals surface area contributed by atoms with Gasteiger partial charge < -0.3 is 15.4 Å². The standard InChI is InChI=1S/C21H26N2O3/c1-14(2)20(17-9-11-19(26-4)12-10-17)23-21(25)18-7-5-16(6-8-18)13-22-15(3)24/h5-12,14,20H,13H2,1-4H3,(H,22,24)(H,23,25). The summed E-state index contributed by atoms with van der Waals surface area (Å²) in [5.41, 5.74) is 2.58. The zero-order valence-corrected chi connectivity index (χ0v) is 15.7. The molecule has 5 nitrogen and oxygen atoms in total. The lowest BCUT2D eigenvalue weighted by Gasteiger charge is -2.23. The van der Waals surface area contributed by atoms with Gasteiger partial charge in [-0.05, 0) is 41.3 Å². The molecular weight excluding hydrogens is 328 g/mol. The molecule has 0 aliphatic heterocycles. The Morgan fingerprint density at radius 2 is 1.62 bits per heavy atom. The summed E-state index contributed by atoms with van der Waals surface area (Å²) >= 11 is 0. The first kappa shape index (κ1) is 19.5. The maximum atomic E-state index is 12.6. The number of rotatable bonds is 7. The topological polar surface area (TPSA) is 67.4 Å². The van der Waals surface area contributed by atoms with E-state index in [1.165, 1.54) is 6.92 Å². The van der Waals surface area contributed by atoms with Crippen LogP contribution in [0.4, 0.5) is 0 Å². The Morgan fingerprint density at radius 1 is 1.00 bits per heavy atom. The van der Waals surface area contributed by atoms with Crippen molar-refractivity contribution in [3.8, 4) is 5.75 Å². The van der Waals surface area contributed by atoms with Crippen LogP contribution in [0.3, 0.4) is 0 Å².